The summed E-state index contributed by atoms with van der Waals surface area (Å²) in [4.78, 5) is 14.4. The lowest BCUT2D eigenvalue weighted by atomic mass is 9.84. The van der Waals surface area contributed by atoms with Crippen molar-refractivity contribution in [1.82, 2.24) is 4.90 Å². The van der Waals surface area contributed by atoms with Crippen LogP contribution < -0.4 is 0 Å². The van der Waals surface area contributed by atoms with Gasteiger partial charge in [0.2, 0.25) is 5.91 Å². The molecular formula is C15H27NO2. The van der Waals surface area contributed by atoms with E-state index in [9.17, 15) is 9.90 Å². The summed E-state index contributed by atoms with van der Waals surface area (Å²) in [6, 6.07) is 0. The average molecular weight is 253 g/mol. The van der Waals surface area contributed by atoms with Crippen molar-refractivity contribution in [2.45, 2.75) is 58.5 Å². The molecule has 104 valence electrons. The average Bonchev–Trinajstić information content (AvgIpc) is 2.38. The van der Waals surface area contributed by atoms with Crippen LogP contribution in [0.4, 0.5) is 0 Å². The summed E-state index contributed by atoms with van der Waals surface area (Å²) in [7, 11) is 0. The number of aliphatic hydroxyl groups is 1. The number of hydrogen-bond donors (Lipinski definition) is 1. The van der Waals surface area contributed by atoms with Crippen LogP contribution >= 0.6 is 0 Å². The van der Waals surface area contributed by atoms with Crippen LogP contribution in [-0.4, -0.2) is 35.1 Å². The minimum atomic E-state index is -0.249. The predicted octanol–water partition coefficient (Wildman–Crippen LogP) is 2.43. The lowest BCUT2D eigenvalue weighted by molar-refractivity contribution is -0.139. The highest BCUT2D eigenvalue weighted by Crippen LogP contribution is 2.29. The Hall–Kier alpha value is -0.570. The number of likely N-dealkylation sites (tertiary alicyclic amines) is 1. The molecule has 2 unspecified atom stereocenters. The lowest BCUT2D eigenvalue weighted by Crippen LogP contribution is -2.44. The van der Waals surface area contributed by atoms with Crippen LogP contribution in [0.15, 0.2) is 0 Å². The molecule has 18 heavy (non-hydrogen) atoms. The van der Waals surface area contributed by atoms with Crippen molar-refractivity contribution in [3.63, 3.8) is 0 Å². The van der Waals surface area contributed by atoms with E-state index >= 15 is 0 Å². The molecule has 2 rings (SSSR count). The van der Waals surface area contributed by atoms with Crippen LogP contribution in [0.5, 0.6) is 0 Å². The molecule has 0 bridgehead atoms. The third-order valence-electron chi connectivity index (χ3n) is 4.79. The van der Waals surface area contributed by atoms with E-state index in [0.717, 1.165) is 57.0 Å². The van der Waals surface area contributed by atoms with E-state index in [0.29, 0.717) is 12.3 Å². The van der Waals surface area contributed by atoms with Crippen LogP contribution in [0, 0.1) is 17.8 Å². The smallest absolute Gasteiger partial charge is 0.225 e. The van der Waals surface area contributed by atoms with Crippen LogP contribution in [0.2, 0.25) is 0 Å². The van der Waals surface area contributed by atoms with E-state index in [1.807, 2.05) is 4.90 Å². The Morgan fingerprint density at radius 3 is 2.39 bits per heavy atom. The van der Waals surface area contributed by atoms with Gasteiger partial charge in [-0.25, -0.2) is 0 Å². The fourth-order valence-electron chi connectivity index (χ4n) is 3.43. The third-order valence-corrected chi connectivity index (χ3v) is 4.79. The van der Waals surface area contributed by atoms with Gasteiger partial charge in [0.15, 0.2) is 0 Å². The highest BCUT2D eigenvalue weighted by atomic mass is 16.3. The van der Waals surface area contributed by atoms with Crippen molar-refractivity contribution in [3.05, 3.63) is 0 Å². The number of amides is 1. The van der Waals surface area contributed by atoms with Gasteiger partial charge < -0.3 is 10.0 Å². The number of aliphatic hydroxyl groups excluding tert-OH is 1. The minimum Gasteiger partial charge on any atom is -0.393 e. The van der Waals surface area contributed by atoms with E-state index in [1.54, 1.807) is 0 Å². The van der Waals surface area contributed by atoms with Crippen molar-refractivity contribution in [2.75, 3.05) is 13.1 Å². The first-order chi connectivity index (χ1) is 8.58. The van der Waals surface area contributed by atoms with Gasteiger partial charge in [-0.3, -0.25) is 4.79 Å². The summed E-state index contributed by atoms with van der Waals surface area (Å²) in [5.74, 6) is 1.91. The first-order valence-electron chi connectivity index (χ1n) is 7.54. The molecule has 1 N–H and O–H groups in total. The van der Waals surface area contributed by atoms with Crippen molar-refractivity contribution < 1.29 is 9.90 Å². The standard InChI is InChI=1S/C15H27NO2/c1-11(2)12-6-8-16(9-7-12)15(18)13-4-3-5-14(17)10-13/h11-14,17H,3-10H2,1-2H3. The van der Waals surface area contributed by atoms with Crippen LogP contribution in [0.3, 0.4) is 0 Å². The fraction of sp³-hybridized carbons (Fsp3) is 0.933. The van der Waals surface area contributed by atoms with E-state index in [2.05, 4.69) is 13.8 Å². The Kier molecular flexibility index (Phi) is 4.66. The van der Waals surface area contributed by atoms with Gasteiger partial charge in [0.05, 0.1) is 6.10 Å². The lowest BCUT2D eigenvalue weighted by Gasteiger charge is -2.37. The SMILES string of the molecule is CC(C)C1CCN(C(=O)C2CCCC(O)C2)CC1. The first-order valence-corrected chi connectivity index (χ1v) is 7.54. The molecule has 0 aromatic rings. The van der Waals surface area contributed by atoms with Crippen molar-refractivity contribution in [3.8, 4) is 0 Å². The highest BCUT2D eigenvalue weighted by Gasteiger charge is 2.31. The van der Waals surface area contributed by atoms with Crippen LogP contribution in [-0.2, 0) is 4.79 Å². The summed E-state index contributed by atoms with van der Waals surface area (Å²) >= 11 is 0. The molecule has 2 aliphatic rings. The van der Waals surface area contributed by atoms with Gasteiger partial charge in [-0.1, -0.05) is 20.3 Å². The maximum Gasteiger partial charge on any atom is 0.225 e. The molecule has 1 saturated heterocycles. The molecular weight excluding hydrogens is 226 g/mol. The predicted molar refractivity (Wildman–Crippen MR) is 72.1 cm³/mol. The summed E-state index contributed by atoms with van der Waals surface area (Å²) < 4.78 is 0. The van der Waals surface area contributed by atoms with Crippen LogP contribution in [0.1, 0.15) is 52.4 Å². The number of rotatable bonds is 2. The van der Waals surface area contributed by atoms with E-state index in [4.69, 9.17) is 0 Å². The number of hydrogen-bond acceptors (Lipinski definition) is 2. The van der Waals surface area contributed by atoms with Gasteiger partial charge in [0.1, 0.15) is 0 Å². The molecule has 0 aromatic carbocycles. The fourth-order valence-corrected chi connectivity index (χ4v) is 3.43. The normalized spacial score (nSPS) is 30.8. The maximum absolute atomic E-state index is 12.4. The Labute approximate surface area is 111 Å². The zero-order chi connectivity index (χ0) is 13.1. The monoisotopic (exact) mass is 253 g/mol. The van der Waals surface area contributed by atoms with Gasteiger partial charge in [-0.2, -0.15) is 0 Å². The number of carbonyl (C=O) groups excluding carboxylic acids is 1. The number of nitrogens with zero attached hydrogens (tertiary/aromatic N) is 1. The third kappa shape index (κ3) is 3.25. The van der Waals surface area contributed by atoms with Gasteiger partial charge >= 0.3 is 0 Å². The minimum absolute atomic E-state index is 0.0874. The Balaban J connectivity index is 1.83. The Bertz CT molecular complexity index is 282. The second-order valence-electron chi connectivity index (χ2n) is 6.42. The second kappa shape index (κ2) is 6.05. The topological polar surface area (TPSA) is 40.5 Å². The molecule has 0 aromatic heterocycles. The van der Waals surface area contributed by atoms with Crippen molar-refractivity contribution >= 4 is 5.91 Å². The summed E-state index contributed by atoms with van der Waals surface area (Å²) in [5.41, 5.74) is 0. The van der Waals surface area contributed by atoms with E-state index in [-0.39, 0.29) is 12.0 Å². The molecule has 1 aliphatic heterocycles. The van der Waals surface area contributed by atoms with Crippen molar-refractivity contribution in [2.24, 2.45) is 17.8 Å². The zero-order valence-electron chi connectivity index (χ0n) is 11.8. The molecule has 2 atom stereocenters. The highest BCUT2D eigenvalue weighted by molar-refractivity contribution is 5.79. The summed E-state index contributed by atoms with van der Waals surface area (Å²) in [6.45, 7) is 6.40. The molecule has 3 nitrogen and oxygen atoms in total. The molecule has 1 aliphatic carbocycles. The molecule has 1 heterocycles. The molecule has 2 fully saturated rings. The number of carbonyl (C=O) groups is 1. The maximum atomic E-state index is 12.4. The zero-order valence-corrected chi connectivity index (χ0v) is 11.8. The number of piperidine rings is 1. The molecule has 1 saturated carbocycles. The summed E-state index contributed by atoms with van der Waals surface area (Å²) in [5, 5.41) is 9.67. The van der Waals surface area contributed by atoms with E-state index < -0.39 is 0 Å². The van der Waals surface area contributed by atoms with Gasteiger partial charge in [-0.05, 0) is 43.9 Å². The molecule has 0 spiro atoms. The van der Waals surface area contributed by atoms with E-state index in [1.165, 1.54) is 0 Å². The molecule has 3 heteroatoms. The second-order valence-corrected chi connectivity index (χ2v) is 6.42. The Morgan fingerprint density at radius 2 is 1.83 bits per heavy atom. The Morgan fingerprint density at radius 1 is 1.17 bits per heavy atom. The van der Waals surface area contributed by atoms with Gasteiger partial charge in [-0.15, -0.1) is 0 Å². The molecule has 0 radical (unpaired) electrons. The van der Waals surface area contributed by atoms with Gasteiger partial charge in [0.25, 0.3) is 0 Å². The van der Waals surface area contributed by atoms with Crippen LogP contribution in [0.25, 0.3) is 0 Å². The van der Waals surface area contributed by atoms with Crippen molar-refractivity contribution in [1.29, 1.82) is 0 Å². The molecule has 1 amide bonds. The first kappa shape index (κ1) is 13.9. The summed E-state index contributed by atoms with van der Waals surface area (Å²) in [6.07, 6.45) is 5.58. The van der Waals surface area contributed by atoms with Gasteiger partial charge in [0, 0.05) is 19.0 Å². The largest absolute Gasteiger partial charge is 0.393 e. The quantitative estimate of drug-likeness (QED) is 0.821.